The van der Waals surface area contributed by atoms with Crippen molar-refractivity contribution in [3.8, 4) is 0 Å². The molecule has 20 heavy (non-hydrogen) atoms. The summed E-state index contributed by atoms with van der Waals surface area (Å²) < 4.78 is 32.1. The molecule has 1 N–H and O–H groups in total. The van der Waals surface area contributed by atoms with Crippen molar-refractivity contribution in [2.45, 2.75) is 85.2 Å². The number of alkyl halides is 2. The summed E-state index contributed by atoms with van der Waals surface area (Å²) in [5, 5.41) is 9.91. The number of methoxy groups -OCH3 is 1. The predicted octanol–water partition coefficient (Wildman–Crippen LogP) is 5.04. The van der Waals surface area contributed by atoms with E-state index in [1.165, 1.54) is 14.0 Å². The Kier molecular flexibility index (Phi) is 12.6. The van der Waals surface area contributed by atoms with Crippen molar-refractivity contribution in [2.24, 2.45) is 5.41 Å². The van der Waals surface area contributed by atoms with Gasteiger partial charge in [-0.15, -0.1) is 0 Å². The summed E-state index contributed by atoms with van der Waals surface area (Å²) in [6, 6.07) is 0. The third-order valence-corrected chi connectivity index (χ3v) is 3.31. The van der Waals surface area contributed by atoms with Crippen molar-refractivity contribution in [3.63, 3.8) is 0 Å². The fraction of sp³-hybridized carbons (Fsp3) is 1.00. The standard InChI is InChI=1S/C14H28F2O2.C2H6/c1-5-7-8-12(17)9-13(3,11-18-4)10-14(15,16)6-2;1-2/h12,17H,5-11H2,1-4H3;1-2H3. The normalized spacial score (nSPS) is 16.1. The number of hydrogen-bond acceptors (Lipinski definition) is 2. The summed E-state index contributed by atoms with van der Waals surface area (Å²) in [4.78, 5) is 0. The highest BCUT2D eigenvalue weighted by Crippen LogP contribution is 2.38. The van der Waals surface area contributed by atoms with E-state index in [9.17, 15) is 13.9 Å². The first-order valence-corrected chi connectivity index (χ1v) is 7.83. The van der Waals surface area contributed by atoms with Crippen molar-refractivity contribution in [1.82, 2.24) is 0 Å². The summed E-state index contributed by atoms with van der Waals surface area (Å²) >= 11 is 0. The first-order chi connectivity index (χ1) is 9.28. The largest absolute Gasteiger partial charge is 0.393 e. The van der Waals surface area contributed by atoms with Crippen LogP contribution in [0.3, 0.4) is 0 Å². The molecule has 0 aromatic carbocycles. The molecule has 0 amide bonds. The van der Waals surface area contributed by atoms with E-state index < -0.39 is 17.4 Å². The maximum Gasteiger partial charge on any atom is 0.248 e. The Labute approximate surface area is 123 Å². The molecule has 0 rings (SSSR count). The van der Waals surface area contributed by atoms with Gasteiger partial charge in [0.1, 0.15) is 0 Å². The number of aliphatic hydroxyl groups excluding tert-OH is 1. The molecule has 0 radical (unpaired) electrons. The minimum absolute atomic E-state index is 0.169. The molecule has 0 aliphatic heterocycles. The predicted molar refractivity (Wildman–Crippen MR) is 81.3 cm³/mol. The molecular formula is C16H34F2O2. The molecule has 4 heteroatoms. The van der Waals surface area contributed by atoms with E-state index in [2.05, 4.69) is 0 Å². The second-order valence-corrected chi connectivity index (χ2v) is 5.63. The highest BCUT2D eigenvalue weighted by atomic mass is 19.3. The van der Waals surface area contributed by atoms with E-state index in [0.29, 0.717) is 12.8 Å². The Morgan fingerprint density at radius 3 is 2.15 bits per heavy atom. The summed E-state index contributed by atoms with van der Waals surface area (Å²) in [6.07, 6.45) is 2.06. The van der Waals surface area contributed by atoms with Gasteiger partial charge in [0.2, 0.25) is 5.92 Å². The van der Waals surface area contributed by atoms with Crippen molar-refractivity contribution in [3.05, 3.63) is 0 Å². The second kappa shape index (κ2) is 11.4. The summed E-state index contributed by atoms with van der Waals surface area (Å²) in [5.41, 5.74) is -0.665. The van der Waals surface area contributed by atoms with Crippen molar-refractivity contribution >= 4 is 0 Å². The lowest BCUT2D eigenvalue weighted by molar-refractivity contribution is -0.0756. The lowest BCUT2D eigenvalue weighted by Crippen LogP contribution is -2.34. The molecule has 0 spiro atoms. The van der Waals surface area contributed by atoms with Gasteiger partial charge in [-0.05, 0) is 18.3 Å². The highest BCUT2D eigenvalue weighted by Gasteiger charge is 2.39. The van der Waals surface area contributed by atoms with Gasteiger partial charge in [0.15, 0.2) is 0 Å². The highest BCUT2D eigenvalue weighted by molar-refractivity contribution is 4.83. The number of ether oxygens (including phenoxy) is 1. The molecule has 0 saturated carbocycles. The second-order valence-electron chi connectivity index (χ2n) is 5.63. The average Bonchev–Trinajstić information content (AvgIpc) is 2.38. The number of aliphatic hydroxyl groups is 1. The fourth-order valence-electron chi connectivity index (χ4n) is 2.39. The summed E-state index contributed by atoms with van der Waals surface area (Å²) in [6.45, 7) is 9.56. The first kappa shape index (κ1) is 22.1. The van der Waals surface area contributed by atoms with Gasteiger partial charge >= 0.3 is 0 Å². The van der Waals surface area contributed by atoms with Crippen molar-refractivity contribution < 1.29 is 18.6 Å². The van der Waals surface area contributed by atoms with Crippen LogP contribution in [0.15, 0.2) is 0 Å². The third kappa shape index (κ3) is 10.6. The minimum atomic E-state index is -2.68. The van der Waals surface area contributed by atoms with Crippen LogP contribution in [0.1, 0.15) is 73.1 Å². The SMILES string of the molecule is CC.CCCCC(O)CC(C)(COC)CC(F)(F)CC. The fourth-order valence-corrected chi connectivity index (χ4v) is 2.39. The number of rotatable bonds is 10. The van der Waals surface area contributed by atoms with Crippen LogP contribution in [-0.2, 0) is 4.74 Å². The van der Waals surface area contributed by atoms with Gasteiger partial charge in [0.05, 0.1) is 12.7 Å². The summed E-state index contributed by atoms with van der Waals surface area (Å²) in [5.74, 6) is -2.68. The van der Waals surface area contributed by atoms with Crippen LogP contribution in [0.25, 0.3) is 0 Å². The quantitative estimate of drug-likeness (QED) is 0.612. The lowest BCUT2D eigenvalue weighted by Gasteiger charge is -2.34. The molecule has 2 nitrogen and oxygen atoms in total. The molecular weight excluding hydrogens is 262 g/mol. The molecule has 0 aliphatic carbocycles. The molecule has 0 aromatic heterocycles. The van der Waals surface area contributed by atoms with Crippen LogP contribution in [-0.4, -0.2) is 30.8 Å². The zero-order valence-corrected chi connectivity index (χ0v) is 14.1. The van der Waals surface area contributed by atoms with Gasteiger partial charge in [-0.3, -0.25) is 0 Å². The number of hydrogen-bond donors (Lipinski definition) is 1. The van der Waals surface area contributed by atoms with E-state index in [0.717, 1.165) is 12.8 Å². The van der Waals surface area contributed by atoms with Crippen LogP contribution >= 0.6 is 0 Å². The van der Waals surface area contributed by atoms with Crippen LogP contribution in [0.5, 0.6) is 0 Å². The van der Waals surface area contributed by atoms with E-state index in [1.54, 1.807) is 6.92 Å². The molecule has 0 saturated heterocycles. The zero-order chi connectivity index (χ0) is 16.2. The minimum Gasteiger partial charge on any atom is -0.393 e. The van der Waals surface area contributed by atoms with Crippen molar-refractivity contribution in [1.29, 1.82) is 0 Å². The van der Waals surface area contributed by atoms with Gasteiger partial charge in [0.25, 0.3) is 0 Å². The lowest BCUT2D eigenvalue weighted by atomic mass is 9.78. The number of unbranched alkanes of at least 4 members (excludes halogenated alkanes) is 1. The Bertz CT molecular complexity index is 223. The number of halogens is 2. The summed E-state index contributed by atoms with van der Waals surface area (Å²) in [7, 11) is 1.51. The molecule has 2 atom stereocenters. The van der Waals surface area contributed by atoms with Gasteiger partial charge in [-0.1, -0.05) is 47.5 Å². The van der Waals surface area contributed by atoms with Crippen LogP contribution in [0, 0.1) is 5.41 Å². The molecule has 124 valence electrons. The van der Waals surface area contributed by atoms with Crippen LogP contribution in [0.4, 0.5) is 8.78 Å². The Balaban J connectivity index is 0. The topological polar surface area (TPSA) is 29.5 Å². The van der Waals surface area contributed by atoms with Crippen LogP contribution < -0.4 is 0 Å². The van der Waals surface area contributed by atoms with E-state index in [4.69, 9.17) is 4.74 Å². The first-order valence-electron chi connectivity index (χ1n) is 7.83. The molecule has 0 aromatic rings. The van der Waals surface area contributed by atoms with Crippen LogP contribution in [0.2, 0.25) is 0 Å². The van der Waals surface area contributed by atoms with Gasteiger partial charge < -0.3 is 9.84 Å². The Hall–Kier alpha value is -0.220. The van der Waals surface area contributed by atoms with Gasteiger partial charge in [0, 0.05) is 20.0 Å². The third-order valence-electron chi connectivity index (χ3n) is 3.31. The molecule has 0 bridgehead atoms. The average molecular weight is 296 g/mol. The smallest absolute Gasteiger partial charge is 0.248 e. The molecule has 0 fully saturated rings. The Morgan fingerprint density at radius 1 is 1.20 bits per heavy atom. The molecule has 0 aliphatic rings. The van der Waals surface area contributed by atoms with Crippen molar-refractivity contribution in [2.75, 3.05) is 13.7 Å². The maximum absolute atomic E-state index is 13.5. The van der Waals surface area contributed by atoms with Gasteiger partial charge in [-0.2, -0.15) is 0 Å². The zero-order valence-electron chi connectivity index (χ0n) is 14.1. The van der Waals surface area contributed by atoms with Gasteiger partial charge in [-0.25, -0.2) is 8.78 Å². The van der Waals surface area contributed by atoms with E-state index in [1.807, 2.05) is 20.8 Å². The molecule has 0 heterocycles. The van der Waals surface area contributed by atoms with E-state index >= 15 is 0 Å². The maximum atomic E-state index is 13.5. The monoisotopic (exact) mass is 296 g/mol. The van der Waals surface area contributed by atoms with E-state index in [-0.39, 0.29) is 19.4 Å². The molecule has 2 unspecified atom stereocenters. The Morgan fingerprint density at radius 2 is 1.75 bits per heavy atom.